The van der Waals surface area contributed by atoms with Crippen molar-refractivity contribution in [1.82, 2.24) is 14.8 Å². The predicted molar refractivity (Wildman–Crippen MR) is 107 cm³/mol. The topological polar surface area (TPSA) is 36.4 Å². The first-order valence-corrected chi connectivity index (χ1v) is 9.36. The van der Waals surface area contributed by atoms with Gasteiger partial charge in [-0.25, -0.2) is 0 Å². The Balaban J connectivity index is 1.35. The van der Waals surface area contributed by atoms with Crippen LogP contribution >= 0.6 is 0 Å². The third-order valence-corrected chi connectivity index (χ3v) is 5.01. The molecule has 27 heavy (non-hydrogen) atoms. The molecule has 136 valence electrons. The second-order valence-corrected chi connectivity index (χ2v) is 6.83. The lowest BCUT2D eigenvalue weighted by Gasteiger charge is -2.34. The minimum Gasteiger partial charge on any atom is -0.336 e. The molecule has 4 nitrogen and oxygen atoms in total. The van der Waals surface area contributed by atoms with E-state index >= 15 is 0 Å². The molecule has 0 spiro atoms. The average Bonchev–Trinajstić information content (AvgIpc) is 2.75. The highest BCUT2D eigenvalue weighted by atomic mass is 16.2. The predicted octanol–water partition coefficient (Wildman–Crippen LogP) is 3.71. The van der Waals surface area contributed by atoms with Gasteiger partial charge < -0.3 is 4.90 Å². The number of carbonyl (C=O) groups excluding carboxylic acids is 1. The van der Waals surface area contributed by atoms with Crippen molar-refractivity contribution >= 4 is 5.91 Å². The van der Waals surface area contributed by atoms with E-state index in [0.717, 1.165) is 49.5 Å². The van der Waals surface area contributed by atoms with Crippen molar-refractivity contribution < 1.29 is 4.79 Å². The first-order valence-electron chi connectivity index (χ1n) is 9.36. The van der Waals surface area contributed by atoms with Crippen LogP contribution in [0.25, 0.3) is 11.1 Å². The zero-order valence-electron chi connectivity index (χ0n) is 15.3. The van der Waals surface area contributed by atoms with E-state index in [0.29, 0.717) is 0 Å². The van der Waals surface area contributed by atoms with Crippen molar-refractivity contribution in [3.63, 3.8) is 0 Å². The van der Waals surface area contributed by atoms with Crippen LogP contribution in [0.3, 0.4) is 0 Å². The maximum absolute atomic E-state index is 12.8. The summed E-state index contributed by atoms with van der Waals surface area (Å²) in [6.07, 6.45) is 1.83. The fraction of sp³-hybridized carbons (Fsp3) is 0.217. The second kappa shape index (κ2) is 8.14. The van der Waals surface area contributed by atoms with E-state index in [1.165, 1.54) is 5.56 Å². The van der Waals surface area contributed by atoms with Crippen molar-refractivity contribution in [1.29, 1.82) is 0 Å². The zero-order valence-corrected chi connectivity index (χ0v) is 15.3. The monoisotopic (exact) mass is 357 g/mol. The summed E-state index contributed by atoms with van der Waals surface area (Å²) in [7, 11) is 0. The van der Waals surface area contributed by atoms with Crippen LogP contribution in [0, 0.1) is 0 Å². The number of piperazine rings is 1. The highest BCUT2D eigenvalue weighted by Gasteiger charge is 2.22. The first kappa shape index (κ1) is 17.4. The van der Waals surface area contributed by atoms with Gasteiger partial charge in [0, 0.05) is 44.5 Å². The zero-order chi connectivity index (χ0) is 18.5. The van der Waals surface area contributed by atoms with E-state index < -0.39 is 0 Å². The van der Waals surface area contributed by atoms with Gasteiger partial charge in [0.2, 0.25) is 0 Å². The van der Waals surface area contributed by atoms with Crippen molar-refractivity contribution in [2.45, 2.75) is 6.54 Å². The minimum absolute atomic E-state index is 0.118. The number of benzene rings is 2. The summed E-state index contributed by atoms with van der Waals surface area (Å²) < 4.78 is 0. The molecule has 1 aliphatic rings. The van der Waals surface area contributed by atoms with Crippen LogP contribution in [0.1, 0.15) is 16.1 Å². The molecule has 4 rings (SSSR count). The molecule has 2 aromatic carbocycles. The number of amides is 1. The summed E-state index contributed by atoms with van der Waals surface area (Å²) in [6, 6.07) is 24.1. The molecule has 1 aromatic heterocycles. The maximum Gasteiger partial charge on any atom is 0.253 e. The Morgan fingerprint density at radius 1 is 0.778 bits per heavy atom. The molecule has 1 saturated heterocycles. The Morgan fingerprint density at radius 2 is 1.44 bits per heavy atom. The van der Waals surface area contributed by atoms with E-state index in [9.17, 15) is 4.79 Å². The fourth-order valence-corrected chi connectivity index (χ4v) is 3.45. The number of rotatable bonds is 4. The van der Waals surface area contributed by atoms with Gasteiger partial charge in [0.05, 0.1) is 5.69 Å². The molecule has 0 unspecified atom stereocenters. The molecule has 2 heterocycles. The van der Waals surface area contributed by atoms with E-state index in [4.69, 9.17) is 0 Å². The van der Waals surface area contributed by atoms with E-state index in [1.54, 1.807) is 0 Å². The summed E-state index contributed by atoms with van der Waals surface area (Å²) in [4.78, 5) is 21.5. The number of carbonyl (C=O) groups is 1. The van der Waals surface area contributed by atoms with Gasteiger partial charge in [-0.15, -0.1) is 0 Å². The summed E-state index contributed by atoms with van der Waals surface area (Å²) in [5.41, 5.74) is 4.13. The number of hydrogen-bond acceptors (Lipinski definition) is 3. The molecule has 0 saturated carbocycles. The summed E-state index contributed by atoms with van der Waals surface area (Å²) in [6.45, 7) is 4.11. The van der Waals surface area contributed by atoms with Crippen LogP contribution in [0.15, 0.2) is 79.0 Å². The van der Waals surface area contributed by atoms with Crippen LogP contribution in [0.4, 0.5) is 0 Å². The van der Waals surface area contributed by atoms with Crippen LogP contribution in [-0.4, -0.2) is 46.9 Å². The number of aromatic nitrogens is 1. The molecule has 0 atom stereocenters. The van der Waals surface area contributed by atoms with Crippen LogP contribution < -0.4 is 0 Å². The Morgan fingerprint density at radius 3 is 2.11 bits per heavy atom. The van der Waals surface area contributed by atoms with Crippen LogP contribution in [-0.2, 0) is 6.54 Å². The van der Waals surface area contributed by atoms with Gasteiger partial charge in [-0.2, -0.15) is 0 Å². The molecule has 1 aliphatic heterocycles. The molecule has 0 bridgehead atoms. The molecule has 0 aliphatic carbocycles. The Kier molecular flexibility index (Phi) is 5.26. The Labute approximate surface area is 160 Å². The van der Waals surface area contributed by atoms with Gasteiger partial charge in [0.1, 0.15) is 0 Å². The fourth-order valence-electron chi connectivity index (χ4n) is 3.45. The third-order valence-electron chi connectivity index (χ3n) is 5.01. The van der Waals surface area contributed by atoms with Crippen molar-refractivity contribution in [2.24, 2.45) is 0 Å². The lowest BCUT2D eigenvalue weighted by molar-refractivity contribution is 0.0627. The largest absolute Gasteiger partial charge is 0.336 e. The quantitative estimate of drug-likeness (QED) is 0.714. The highest BCUT2D eigenvalue weighted by molar-refractivity contribution is 5.94. The van der Waals surface area contributed by atoms with Gasteiger partial charge in [-0.1, -0.05) is 48.5 Å². The highest BCUT2D eigenvalue weighted by Crippen LogP contribution is 2.20. The summed E-state index contributed by atoms with van der Waals surface area (Å²) >= 11 is 0. The average molecular weight is 357 g/mol. The lowest BCUT2D eigenvalue weighted by atomic mass is 10.0. The number of hydrogen-bond donors (Lipinski definition) is 0. The smallest absolute Gasteiger partial charge is 0.253 e. The molecular formula is C23H23N3O. The van der Waals surface area contributed by atoms with Gasteiger partial charge in [-0.3, -0.25) is 14.7 Å². The van der Waals surface area contributed by atoms with Crippen LogP contribution in [0.5, 0.6) is 0 Å². The Hall–Kier alpha value is -2.98. The van der Waals surface area contributed by atoms with Gasteiger partial charge in [-0.05, 0) is 35.4 Å². The van der Waals surface area contributed by atoms with Gasteiger partial charge in [0.15, 0.2) is 0 Å². The minimum atomic E-state index is 0.118. The van der Waals surface area contributed by atoms with Crippen molar-refractivity contribution in [3.8, 4) is 11.1 Å². The lowest BCUT2D eigenvalue weighted by Crippen LogP contribution is -2.48. The molecule has 3 aromatic rings. The summed E-state index contributed by atoms with van der Waals surface area (Å²) in [5.74, 6) is 0.118. The molecule has 0 radical (unpaired) electrons. The van der Waals surface area contributed by atoms with E-state index in [1.807, 2.05) is 71.8 Å². The molecular weight excluding hydrogens is 334 g/mol. The summed E-state index contributed by atoms with van der Waals surface area (Å²) in [5, 5.41) is 0. The molecule has 1 fully saturated rings. The van der Waals surface area contributed by atoms with Crippen LogP contribution in [0.2, 0.25) is 0 Å². The third kappa shape index (κ3) is 4.23. The second-order valence-electron chi connectivity index (χ2n) is 6.83. The van der Waals surface area contributed by atoms with Crippen molar-refractivity contribution in [3.05, 3.63) is 90.3 Å². The Bertz CT molecular complexity index is 871. The normalized spacial score (nSPS) is 14.9. The van der Waals surface area contributed by atoms with Gasteiger partial charge in [0.25, 0.3) is 5.91 Å². The number of nitrogens with zero attached hydrogens (tertiary/aromatic N) is 3. The first-order chi connectivity index (χ1) is 13.3. The van der Waals surface area contributed by atoms with E-state index in [2.05, 4.69) is 22.0 Å². The maximum atomic E-state index is 12.8. The molecule has 1 amide bonds. The van der Waals surface area contributed by atoms with Crippen molar-refractivity contribution in [2.75, 3.05) is 26.2 Å². The SMILES string of the molecule is O=C(c1ccc(-c2ccccc2)cc1)N1CCN(Cc2ccccn2)CC1. The molecule has 4 heteroatoms. The number of pyridine rings is 1. The molecule has 0 N–H and O–H groups in total. The van der Waals surface area contributed by atoms with E-state index in [-0.39, 0.29) is 5.91 Å². The van der Waals surface area contributed by atoms with Gasteiger partial charge >= 0.3 is 0 Å². The standard InChI is InChI=1S/C23H23N3O/c27-23(21-11-9-20(10-12-21)19-6-2-1-3-7-19)26-16-14-25(15-17-26)18-22-8-4-5-13-24-22/h1-13H,14-18H2.